The van der Waals surface area contributed by atoms with E-state index < -0.39 is 18.2 Å². The fourth-order valence-corrected chi connectivity index (χ4v) is 4.50. The zero-order valence-electron chi connectivity index (χ0n) is 13.6. The zero-order valence-corrected chi connectivity index (χ0v) is 18.3. The van der Waals surface area contributed by atoms with Crippen LogP contribution in [0.4, 0.5) is 13.2 Å². The highest BCUT2D eigenvalue weighted by Gasteiger charge is 2.62. The molecule has 0 saturated carbocycles. The second kappa shape index (κ2) is 7.93. The summed E-state index contributed by atoms with van der Waals surface area (Å²) < 4.78 is 42.1. The molecule has 1 aliphatic heterocycles. The quantitative estimate of drug-likeness (QED) is 0.368. The predicted octanol–water partition coefficient (Wildman–Crippen LogP) is 7.37. The zero-order chi connectivity index (χ0) is 19.8. The molecule has 1 aliphatic rings. The summed E-state index contributed by atoms with van der Waals surface area (Å²) in [6.07, 6.45) is -5.18. The Labute approximate surface area is 180 Å². The molecule has 0 amide bonds. The van der Waals surface area contributed by atoms with E-state index in [2.05, 4.69) is 37.0 Å². The molecule has 2 nitrogen and oxygen atoms in total. The molecule has 0 fully saturated rings. The third-order valence-corrected chi connectivity index (χ3v) is 5.99. The van der Waals surface area contributed by atoms with Crippen LogP contribution < -0.4 is 0 Å². The normalized spacial score (nSPS) is 19.7. The SMILES string of the molecule is FC(F)(F)C1(c2cc(Cl)cc(Cl)c2)CC(c2ccc(CBr)c(CBr)c2)=NO1. The van der Waals surface area contributed by atoms with Gasteiger partial charge in [-0.3, -0.25) is 0 Å². The van der Waals surface area contributed by atoms with Crippen molar-refractivity contribution < 1.29 is 18.0 Å². The molecule has 1 heterocycles. The highest BCUT2D eigenvalue weighted by atomic mass is 79.9. The van der Waals surface area contributed by atoms with Gasteiger partial charge >= 0.3 is 6.18 Å². The molecule has 2 aromatic rings. The topological polar surface area (TPSA) is 21.6 Å². The fourth-order valence-electron chi connectivity index (χ4n) is 2.91. The van der Waals surface area contributed by atoms with E-state index in [0.29, 0.717) is 16.2 Å². The molecule has 0 radical (unpaired) electrons. The van der Waals surface area contributed by atoms with E-state index in [-0.39, 0.29) is 21.3 Å². The first-order valence-electron chi connectivity index (χ1n) is 7.72. The molecule has 144 valence electrons. The summed E-state index contributed by atoms with van der Waals surface area (Å²) in [7, 11) is 0. The molecular formula is C18H12Br2Cl2F3NO. The third kappa shape index (κ3) is 4.02. The summed E-state index contributed by atoms with van der Waals surface area (Å²) in [5.74, 6) is 0. The van der Waals surface area contributed by atoms with Gasteiger partial charge in [0.15, 0.2) is 0 Å². The number of oxime groups is 1. The Hall–Kier alpha value is -0.760. The standard InChI is InChI=1S/C18H12Br2Cl2F3NO/c19-8-11-2-1-10(3-12(11)9-20)16-7-17(27-26-16,18(23,24)25)13-4-14(21)6-15(22)5-13/h1-6H,7-9H2. The van der Waals surface area contributed by atoms with Crippen LogP contribution in [0, 0.1) is 0 Å². The molecule has 0 N–H and O–H groups in total. The van der Waals surface area contributed by atoms with Crippen molar-refractivity contribution in [3.05, 3.63) is 68.7 Å². The molecule has 2 aromatic carbocycles. The molecular weight excluding hydrogens is 534 g/mol. The lowest BCUT2D eigenvalue weighted by Gasteiger charge is -2.29. The van der Waals surface area contributed by atoms with Crippen molar-refractivity contribution in [3.63, 3.8) is 0 Å². The monoisotopic (exact) mass is 543 g/mol. The lowest BCUT2D eigenvalue weighted by molar-refractivity contribution is -0.275. The van der Waals surface area contributed by atoms with Crippen LogP contribution in [-0.4, -0.2) is 11.9 Å². The smallest absolute Gasteiger partial charge is 0.374 e. The van der Waals surface area contributed by atoms with Gasteiger partial charge in [0.05, 0.1) is 5.71 Å². The molecule has 0 spiro atoms. The lowest BCUT2D eigenvalue weighted by atomic mass is 9.86. The van der Waals surface area contributed by atoms with Gasteiger partial charge in [-0.25, -0.2) is 0 Å². The van der Waals surface area contributed by atoms with Gasteiger partial charge in [0, 0.05) is 32.7 Å². The Morgan fingerprint density at radius 2 is 1.63 bits per heavy atom. The molecule has 9 heteroatoms. The van der Waals surface area contributed by atoms with E-state index in [0.717, 1.165) is 11.1 Å². The van der Waals surface area contributed by atoms with Gasteiger partial charge in [-0.15, -0.1) is 0 Å². The van der Waals surface area contributed by atoms with Gasteiger partial charge in [0.2, 0.25) is 0 Å². The van der Waals surface area contributed by atoms with Crippen LogP contribution in [0.3, 0.4) is 0 Å². The molecule has 3 rings (SSSR count). The minimum Gasteiger partial charge on any atom is -0.374 e. The van der Waals surface area contributed by atoms with Crippen molar-refractivity contribution >= 4 is 60.8 Å². The predicted molar refractivity (Wildman–Crippen MR) is 108 cm³/mol. The van der Waals surface area contributed by atoms with Crippen LogP contribution >= 0.6 is 55.1 Å². The van der Waals surface area contributed by atoms with Crippen LogP contribution in [-0.2, 0) is 21.1 Å². The second-order valence-electron chi connectivity index (χ2n) is 6.04. The maximum Gasteiger partial charge on any atom is 0.435 e. The average Bonchev–Trinajstić information content (AvgIpc) is 3.07. The summed E-state index contributed by atoms with van der Waals surface area (Å²) >= 11 is 18.6. The van der Waals surface area contributed by atoms with E-state index in [9.17, 15) is 13.2 Å². The Kier molecular flexibility index (Phi) is 6.16. The van der Waals surface area contributed by atoms with E-state index in [1.165, 1.54) is 18.2 Å². The Morgan fingerprint density at radius 1 is 1.00 bits per heavy atom. The van der Waals surface area contributed by atoms with Crippen LogP contribution in [0.5, 0.6) is 0 Å². The van der Waals surface area contributed by atoms with E-state index >= 15 is 0 Å². The number of benzene rings is 2. The maximum atomic E-state index is 14.0. The first-order valence-corrected chi connectivity index (χ1v) is 10.7. The van der Waals surface area contributed by atoms with Gasteiger partial charge < -0.3 is 4.84 Å². The number of hydrogen-bond donors (Lipinski definition) is 0. The first-order chi connectivity index (χ1) is 12.7. The third-order valence-electron chi connectivity index (χ3n) is 4.34. The summed E-state index contributed by atoms with van der Waals surface area (Å²) in [5.41, 5.74) is -0.00933. The molecule has 0 bridgehead atoms. The van der Waals surface area contributed by atoms with Gasteiger partial charge in [-0.05, 0) is 41.0 Å². The molecule has 1 atom stereocenters. The number of nitrogens with zero attached hydrogens (tertiary/aromatic N) is 1. The van der Waals surface area contributed by atoms with Gasteiger partial charge in [0.1, 0.15) is 0 Å². The number of alkyl halides is 5. The summed E-state index contributed by atoms with van der Waals surface area (Å²) in [6, 6.07) is 9.18. The molecule has 27 heavy (non-hydrogen) atoms. The van der Waals surface area contributed by atoms with Gasteiger partial charge in [0.25, 0.3) is 5.60 Å². The van der Waals surface area contributed by atoms with E-state index in [1.54, 1.807) is 6.07 Å². The van der Waals surface area contributed by atoms with Crippen molar-refractivity contribution in [3.8, 4) is 0 Å². The van der Waals surface area contributed by atoms with Gasteiger partial charge in [-0.2, -0.15) is 13.2 Å². The number of halogens is 7. The van der Waals surface area contributed by atoms with Gasteiger partial charge in [-0.1, -0.05) is 72.4 Å². The van der Waals surface area contributed by atoms with Crippen molar-refractivity contribution in [1.29, 1.82) is 0 Å². The Balaban J connectivity index is 2.02. The minimum absolute atomic E-state index is 0.0985. The van der Waals surface area contributed by atoms with Crippen LogP contribution in [0.15, 0.2) is 41.6 Å². The Morgan fingerprint density at radius 3 is 2.19 bits per heavy atom. The number of rotatable bonds is 4. The summed E-state index contributed by atoms with van der Waals surface area (Å²) in [4.78, 5) is 5.02. The molecule has 0 aromatic heterocycles. The maximum absolute atomic E-state index is 14.0. The molecule has 0 saturated heterocycles. The van der Waals surface area contributed by atoms with Crippen molar-refractivity contribution in [2.24, 2.45) is 5.16 Å². The van der Waals surface area contributed by atoms with Crippen molar-refractivity contribution in [1.82, 2.24) is 0 Å². The summed E-state index contributed by atoms with van der Waals surface area (Å²) in [5, 5.41) is 5.19. The van der Waals surface area contributed by atoms with Crippen LogP contribution in [0.25, 0.3) is 0 Å². The van der Waals surface area contributed by atoms with E-state index in [1.807, 2.05) is 12.1 Å². The lowest BCUT2D eigenvalue weighted by Crippen LogP contribution is -2.42. The second-order valence-corrected chi connectivity index (χ2v) is 8.03. The highest BCUT2D eigenvalue weighted by Crippen LogP contribution is 2.49. The summed E-state index contributed by atoms with van der Waals surface area (Å²) in [6.45, 7) is 0. The largest absolute Gasteiger partial charge is 0.435 e. The van der Waals surface area contributed by atoms with Crippen molar-refractivity contribution in [2.75, 3.05) is 0 Å². The van der Waals surface area contributed by atoms with E-state index in [4.69, 9.17) is 28.0 Å². The Bertz CT molecular complexity index is 884. The first kappa shape index (κ1) is 21.0. The highest BCUT2D eigenvalue weighted by molar-refractivity contribution is 9.09. The van der Waals surface area contributed by atoms with Crippen LogP contribution in [0.2, 0.25) is 10.0 Å². The average molecular weight is 546 g/mol. The molecule has 1 unspecified atom stereocenters. The fraction of sp³-hybridized carbons (Fsp3) is 0.278. The number of hydrogen-bond acceptors (Lipinski definition) is 2. The minimum atomic E-state index is -4.71. The molecule has 0 aliphatic carbocycles. The van der Waals surface area contributed by atoms with Crippen molar-refractivity contribution in [2.45, 2.75) is 28.9 Å². The van der Waals surface area contributed by atoms with Crippen LogP contribution in [0.1, 0.15) is 28.7 Å².